The summed E-state index contributed by atoms with van der Waals surface area (Å²) in [4.78, 5) is 19.9. The number of hydrogen-bond donors (Lipinski definition) is 1. The number of rotatable bonds is 3. The van der Waals surface area contributed by atoms with Gasteiger partial charge in [0.1, 0.15) is 0 Å². The molecule has 1 unspecified atom stereocenters. The maximum absolute atomic E-state index is 12.0. The maximum Gasteiger partial charge on any atom is 0.255 e. The van der Waals surface area contributed by atoms with Gasteiger partial charge in [-0.1, -0.05) is 29.8 Å². The quantitative estimate of drug-likeness (QED) is 0.943. The van der Waals surface area contributed by atoms with Crippen molar-refractivity contribution >= 4 is 34.5 Å². The fourth-order valence-electron chi connectivity index (χ4n) is 2.10. The van der Waals surface area contributed by atoms with E-state index in [4.69, 9.17) is 11.6 Å². The smallest absolute Gasteiger partial charge is 0.255 e. The van der Waals surface area contributed by atoms with E-state index in [-0.39, 0.29) is 5.91 Å². The van der Waals surface area contributed by atoms with E-state index in [1.165, 1.54) is 22.3 Å². The van der Waals surface area contributed by atoms with Gasteiger partial charge in [-0.2, -0.15) is 0 Å². The summed E-state index contributed by atoms with van der Waals surface area (Å²) in [6.07, 6.45) is 3.62. The first-order chi connectivity index (χ1) is 10.1. The molecule has 0 radical (unpaired) electrons. The lowest BCUT2D eigenvalue weighted by Crippen LogP contribution is -2.51. The van der Waals surface area contributed by atoms with Crippen molar-refractivity contribution in [2.24, 2.45) is 0 Å². The Kier molecular flexibility index (Phi) is 3.92. The van der Waals surface area contributed by atoms with Crippen molar-refractivity contribution < 1.29 is 9.90 Å². The molecule has 2 aromatic rings. The molecule has 1 aromatic heterocycles. The monoisotopic (exact) mass is 321 g/mol. The number of carbonyl (C=O) groups is 1. The van der Waals surface area contributed by atoms with Gasteiger partial charge in [-0.05, 0) is 12.1 Å². The molecular formula is C14H12ClN3O2S. The lowest BCUT2D eigenvalue weighted by Gasteiger charge is -2.37. The molecule has 7 heteroatoms. The summed E-state index contributed by atoms with van der Waals surface area (Å²) >= 11 is 7.15. The average molecular weight is 322 g/mol. The highest BCUT2D eigenvalue weighted by Gasteiger charge is 2.29. The summed E-state index contributed by atoms with van der Waals surface area (Å²) in [5.41, 5.74) is 0.645. The standard InChI is InChI=1S/C14H12ClN3O2S/c15-13-16-8-11(21-13)9-17-7-6-12(19)18(14(17)20)10-4-2-1-3-5-10/h1-8,14,20H,9H2. The van der Waals surface area contributed by atoms with Gasteiger partial charge in [-0.15, -0.1) is 11.3 Å². The predicted octanol–water partition coefficient (Wildman–Crippen LogP) is 2.43. The molecule has 1 aliphatic rings. The van der Waals surface area contributed by atoms with Crippen molar-refractivity contribution in [3.05, 3.63) is 58.1 Å². The number of aliphatic hydroxyl groups is 1. The second-order valence-corrected chi connectivity index (χ2v) is 6.16. The van der Waals surface area contributed by atoms with Gasteiger partial charge in [-0.3, -0.25) is 9.69 Å². The average Bonchev–Trinajstić information content (AvgIpc) is 2.89. The molecule has 0 fully saturated rings. The Balaban J connectivity index is 1.84. The Bertz CT molecular complexity index is 674. The maximum atomic E-state index is 12.0. The van der Waals surface area contributed by atoms with Crippen molar-refractivity contribution in [2.75, 3.05) is 4.90 Å². The largest absolute Gasteiger partial charge is 0.356 e. The van der Waals surface area contributed by atoms with Crippen LogP contribution in [0.4, 0.5) is 5.69 Å². The number of carbonyl (C=O) groups excluding carboxylic acids is 1. The van der Waals surface area contributed by atoms with Gasteiger partial charge in [0, 0.05) is 29.0 Å². The van der Waals surface area contributed by atoms with Crippen LogP contribution in [0.1, 0.15) is 4.88 Å². The molecule has 3 rings (SSSR count). The summed E-state index contributed by atoms with van der Waals surface area (Å²) in [6, 6.07) is 9.06. The third-order valence-electron chi connectivity index (χ3n) is 3.07. The van der Waals surface area contributed by atoms with Crippen LogP contribution in [0.15, 0.2) is 48.8 Å². The number of hydrogen-bond acceptors (Lipinski definition) is 5. The fraction of sp³-hybridized carbons (Fsp3) is 0.143. The molecule has 0 spiro atoms. The highest BCUT2D eigenvalue weighted by atomic mass is 35.5. The van der Waals surface area contributed by atoms with Crippen LogP contribution in [0, 0.1) is 0 Å². The second kappa shape index (κ2) is 5.85. The molecule has 1 amide bonds. The highest BCUT2D eigenvalue weighted by Crippen LogP contribution is 2.25. The summed E-state index contributed by atoms with van der Waals surface area (Å²) in [6.45, 7) is 0.429. The van der Waals surface area contributed by atoms with E-state index < -0.39 is 6.35 Å². The number of amides is 1. The van der Waals surface area contributed by atoms with E-state index in [0.29, 0.717) is 16.7 Å². The first-order valence-corrected chi connectivity index (χ1v) is 7.45. The molecule has 1 aromatic carbocycles. The molecule has 2 heterocycles. The molecule has 1 N–H and O–H groups in total. The third kappa shape index (κ3) is 2.92. The van der Waals surface area contributed by atoms with Gasteiger partial charge in [-0.25, -0.2) is 4.98 Å². The zero-order valence-electron chi connectivity index (χ0n) is 10.9. The Hall–Kier alpha value is -1.89. The second-order valence-electron chi connectivity index (χ2n) is 4.46. The Morgan fingerprint density at radius 3 is 2.76 bits per heavy atom. The number of nitrogens with zero attached hydrogens (tertiary/aromatic N) is 3. The Morgan fingerprint density at radius 1 is 1.33 bits per heavy atom. The molecule has 0 bridgehead atoms. The molecule has 0 aliphatic carbocycles. The van der Waals surface area contributed by atoms with E-state index in [1.54, 1.807) is 29.4 Å². The van der Waals surface area contributed by atoms with Crippen LogP contribution in [0.3, 0.4) is 0 Å². The molecule has 5 nitrogen and oxygen atoms in total. The Labute approximate surface area is 130 Å². The van der Waals surface area contributed by atoms with Crippen LogP contribution in [-0.2, 0) is 11.3 Å². The van der Waals surface area contributed by atoms with Gasteiger partial charge >= 0.3 is 0 Å². The van der Waals surface area contributed by atoms with E-state index in [9.17, 15) is 9.90 Å². The van der Waals surface area contributed by atoms with Crippen molar-refractivity contribution in [3.8, 4) is 0 Å². The number of para-hydroxylation sites is 1. The minimum Gasteiger partial charge on any atom is -0.356 e. The lowest BCUT2D eigenvalue weighted by molar-refractivity contribution is -0.119. The predicted molar refractivity (Wildman–Crippen MR) is 81.7 cm³/mol. The third-order valence-corrected chi connectivity index (χ3v) is 4.17. The molecule has 0 saturated carbocycles. The SMILES string of the molecule is O=C1C=CN(Cc2cnc(Cl)s2)C(O)N1c1ccccc1. The van der Waals surface area contributed by atoms with Gasteiger partial charge in [0.05, 0.1) is 6.54 Å². The highest BCUT2D eigenvalue weighted by molar-refractivity contribution is 7.15. The first kappa shape index (κ1) is 14.1. The molecular weight excluding hydrogens is 310 g/mol. The number of thiazole rings is 1. The number of aliphatic hydroxyl groups excluding tert-OH is 1. The number of aromatic nitrogens is 1. The van der Waals surface area contributed by atoms with Crippen molar-refractivity contribution in [1.29, 1.82) is 0 Å². The lowest BCUT2D eigenvalue weighted by atomic mass is 10.2. The van der Waals surface area contributed by atoms with Crippen LogP contribution in [-0.4, -0.2) is 27.2 Å². The fourth-order valence-corrected chi connectivity index (χ4v) is 3.09. The summed E-state index contributed by atoms with van der Waals surface area (Å²) in [5.74, 6) is -0.257. The summed E-state index contributed by atoms with van der Waals surface area (Å²) in [5, 5.41) is 10.5. The zero-order chi connectivity index (χ0) is 14.8. The summed E-state index contributed by atoms with van der Waals surface area (Å²) in [7, 11) is 0. The van der Waals surface area contributed by atoms with Crippen LogP contribution in [0.25, 0.3) is 0 Å². The zero-order valence-corrected chi connectivity index (χ0v) is 12.5. The minimum absolute atomic E-state index is 0.257. The van der Waals surface area contributed by atoms with Crippen molar-refractivity contribution in [1.82, 2.24) is 9.88 Å². The van der Waals surface area contributed by atoms with Crippen LogP contribution in [0.5, 0.6) is 0 Å². The van der Waals surface area contributed by atoms with Crippen LogP contribution < -0.4 is 4.90 Å². The Morgan fingerprint density at radius 2 is 2.10 bits per heavy atom. The molecule has 1 atom stereocenters. The molecule has 108 valence electrons. The first-order valence-electron chi connectivity index (χ1n) is 6.25. The van der Waals surface area contributed by atoms with Gasteiger partial charge < -0.3 is 10.0 Å². The van der Waals surface area contributed by atoms with E-state index in [2.05, 4.69) is 4.98 Å². The number of halogens is 1. The minimum atomic E-state index is -1.06. The van der Waals surface area contributed by atoms with Gasteiger partial charge in [0.2, 0.25) is 6.35 Å². The van der Waals surface area contributed by atoms with Crippen molar-refractivity contribution in [2.45, 2.75) is 12.9 Å². The van der Waals surface area contributed by atoms with E-state index >= 15 is 0 Å². The van der Waals surface area contributed by atoms with E-state index in [1.807, 2.05) is 18.2 Å². The number of anilines is 1. The molecule has 0 saturated heterocycles. The van der Waals surface area contributed by atoms with E-state index in [0.717, 1.165) is 4.88 Å². The topological polar surface area (TPSA) is 56.7 Å². The summed E-state index contributed by atoms with van der Waals surface area (Å²) < 4.78 is 0.455. The van der Waals surface area contributed by atoms with Crippen LogP contribution >= 0.6 is 22.9 Å². The van der Waals surface area contributed by atoms with Crippen LogP contribution in [0.2, 0.25) is 4.47 Å². The molecule has 21 heavy (non-hydrogen) atoms. The molecule has 1 aliphatic heterocycles. The normalized spacial score (nSPS) is 18.4. The van der Waals surface area contributed by atoms with Crippen molar-refractivity contribution in [3.63, 3.8) is 0 Å². The number of benzene rings is 1. The van der Waals surface area contributed by atoms with Gasteiger partial charge in [0.15, 0.2) is 4.47 Å². The van der Waals surface area contributed by atoms with Gasteiger partial charge in [0.25, 0.3) is 5.91 Å².